The van der Waals surface area contributed by atoms with E-state index in [4.69, 9.17) is 23.2 Å². The lowest BCUT2D eigenvalue weighted by atomic mass is 9.89. The average Bonchev–Trinajstić information content (AvgIpc) is 2.14. The highest BCUT2D eigenvalue weighted by Gasteiger charge is 2.18. The van der Waals surface area contributed by atoms with E-state index in [0.29, 0.717) is 15.7 Å². The van der Waals surface area contributed by atoms with Crippen LogP contribution < -0.4 is 0 Å². The molecule has 17 heavy (non-hydrogen) atoms. The summed E-state index contributed by atoms with van der Waals surface area (Å²) in [7, 11) is 0. The van der Waals surface area contributed by atoms with E-state index in [9.17, 15) is 0 Å². The summed E-state index contributed by atoms with van der Waals surface area (Å²) in [6.45, 7) is 8.41. The predicted octanol–water partition coefficient (Wildman–Crippen LogP) is 5.23. The molecule has 0 amide bonds. The Morgan fingerprint density at radius 1 is 1.12 bits per heavy atom. The van der Waals surface area contributed by atoms with Gasteiger partial charge in [-0.05, 0) is 30.5 Å². The first-order chi connectivity index (χ1) is 7.79. The van der Waals surface area contributed by atoms with Crippen molar-refractivity contribution in [3.8, 4) is 0 Å². The molecular weight excluding hydrogens is 255 g/mol. The van der Waals surface area contributed by atoms with E-state index in [1.165, 1.54) is 0 Å². The molecule has 92 valence electrons. The molecule has 1 aromatic rings. The molecule has 0 aliphatic carbocycles. The second kappa shape index (κ2) is 5.68. The van der Waals surface area contributed by atoms with E-state index < -0.39 is 0 Å². The van der Waals surface area contributed by atoms with Crippen LogP contribution in [0.25, 0.3) is 0 Å². The van der Waals surface area contributed by atoms with Gasteiger partial charge in [-0.1, -0.05) is 44.0 Å². The maximum Gasteiger partial charge on any atom is 0.0951 e. The van der Waals surface area contributed by atoms with Gasteiger partial charge < -0.3 is 0 Å². The first kappa shape index (κ1) is 14.2. The van der Waals surface area contributed by atoms with E-state index in [1.54, 1.807) is 18.2 Å². The van der Waals surface area contributed by atoms with Crippen LogP contribution in [-0.4, -0.2) is 12.1 Å². The summed E-state index contributed by atoms with van der Waals surface area (Å²) in [5, 5.41) is 1.11. The summed E-state index contributed by atoms with van der Waals surface area (Å²) >= 11 is 11.7. The monoisotopic (exact) mass is 270 g/mol. The molecule has 0 aliphatic heterocycles. The van der Waals surface area contributed by atoms with Crippen LogP contribution in [-0.2, 0) is 0 Å². The highest BCUT2D eigenvalue weighted by Crippen LogP contribution is 2.24. The van der Waals surface area contributed by atoms with Crippen molar-refractivity contribution < 1.29 is 0 Å². The highest BCUT2D eigenvalue weighted by molar-refractivity contribution is 6.35. The number of hydrogen-bond acceptors (Lipinski definition) is 2. The highest BCUT2D eigenvalue weighted by atomic mass is 35.5. The molecule has 0 fully saturated rings. The summed E-state index contributed by atoms with van der Waals surface area (Å²) in [4.78, 5) is 8.34. The fourth-order valence-electron chi connectivity index (χ4n) is 0.971. The van der Waals surface area contributed by atoms with Crippen molar-refractivity contribution in [2.75, 3.05) is 0 Å². The third-order valence-electron chi connectivity index (χ3n) is 2.53. The standard InChI is InChI=1S/C13H16Cl2N2/c1-9(13(2,3)4)16-8-17-12-6-10(14)5-11(15)7-12/h5-7,9H,1-4H3. The second-order valence-corrected chi connectivity index (χ2v) is 5.88. The molecule has 0 aromatic heterocycles. The van der Waals surface area contributed by atoms with Crippen molar-refractivity contribution in [2.24, 2.45) is 15.4 Å². The zero-order valence-corrected chi connectivity index (χ0v) is 12.0. The lowest BCUT2D eigenvalue weighted by Gasteiger charge is -2.21. The van der Waals surface area contributed by atoms with Crippen LogP contribution in [0.5, 0.6) is 0 Å². The minimum Gasteiger partial charge on any atom is -0.222 e. The van der Waals surface area contributed by atoms with E-state index in [0.717, 1.165) is 0 Å². The van der Waals surface area contributed by atoms with Gasteiger partial charge in [-0.3, -0.25) is 0 Å². The molecule has 4 heteroatoms. The van der Waals surface area contributed by atoms with Crippen molar-refractivity contribution in [3.05, 3.63) is 28.2 Å². The van der Waals surface area contributed by atoms with Gasteiger partial charge in [-0.2, -0.15) is 4.99 Å². The minimum atomic E-state index is 0.106. The molecule has 0 N–H and O–H groups in total. The molecule has 0 saturated heterocycles. The molecule has 0 spiro atoms. The van der Waals surface area contributed by atoms with Gasteiger partial charge in [0.05, 0.1) is 17.7 Å². The predicted molar refractivity (Wildman–Crippen MR) is 74.9 cm³/mol. The fraction of sp³-hybridized carbons (Fsp3) is 0.462. The Bertz CT molecular complexity index is 435. The van der Waals surface area contributed by atoms with Crippen LogP contribution in [0.4, 0.5) is 5.69 Å². The van der Waals surface area contributed by atoms with Crippen LogP contribution in [0.15, 0.2) is 28.2 Å². The van der Waals surface area contributed by atoms with Crippen LogP contribution in [0, 0.1) is 5.41 Å². The second-order valence-electron chi connectivity index (χ2n) is 5.01. The van der Waals surface area contributed by atoms with Crippen molar-refractivity contribution in [1.29, 1.82) is 0 Å². The lowest BCUT2D eigenvalue weighted by molar-refractivity contribution is 0.342. The van der Waals surface area contributed by atoms with Gasteiger partial charge in [-0.25, -0.2) is 4.99 Å². The van der Waals surface area contributed by atoms with E-state index in [1.807, 2.05) is 6.92 Å². The summed E-state index contributed by atoms with van der Waals surface area (Å²) < 4.78 is 0. The summed E-state index contributed by atoms with van der Waals surface area (Å²) in [6.07, 6.45) is 0. The molecule has 0 radical (unpaired) electrons. The molecule has 1 aromatic carbocycles. The molecule has 0 saturated carbocycles. The van der Waals surface area contributed by atoms with Crippen LogP contribution in [0.1, 0.15) is 27.7 Å². The number of benzene rings is 1. The van der Waals surface area contributed by atoms with Gasteiger partial charge in [0.1, 0.15) is 0 Å². The van der Waals surface area contributed by atoms with Gasteiger partial charge in [0, 0.05) is 10.0 Å². The SMILES string of the molecule is CC(N=C=Nc1cc(Cl)cc(Cl)c1)C(C)(C)C. The van der Waals surface area contributed by atoms with Crippen LogP contribution >= 0.6 is 23.2 Å². The third kappa shape index (κ3) is 4.91. The maximum absolute atomic E-state index is 5.86. The Hall–Kier alpha value is -0.820. The zero-order chi connectivity index (χ0) is 13.1. The Balaban J connectivity index is 2.87. The molecular formula is C13H16Cl2N2. The number of hydrogen-bond donors (Lipinski definition) is 0. The topological polar surface area (TPSA) is 24.7 Å². The maximum atomic E-state index is 5.86. The normalized spacial score (nSPS) is 12.8. The number of aliphatic imine (C=N–C) groups is 2. The first-order valence-electron chi connectivity index (χ1n) is 5.41. The Kier molecular flexibility index (Phi) is 4.76. The van der Waals surface area contributed by atoms with Crippen molar-refractivity contribution in [2.45, 2.75) is 33.7 Å². The molecule has 1 rings (SSSR count). The van der Waals surface area contributed by atoms with Gasteiger partial charge in [-0.15, -0.1) is 0 Å². The first-order valence-corrected chi connectivity index (χ1v) is 6.16. The summed E-state index contributed by atoms with van der Waals surface area (Å²) in [6, 6.07) is 7.95. The minimum absolute atomic E-state index is 0.106. The van der Waals surface area contributed by atoms with Gasteiger partial charge >= 0.3 is 0 Å². The largest absolute Gasteiger partial charge is 0.222 e. The average molecular weight is 271 g/mol. The van der Waals surface area contributed by atoms with Crippen molar-refractivity contribution >= 4 is 34.9 Å². The summed E-state index contributed by atoms with van der Waals surface area (Å²) in [5.74, 6) is 0. The van der Waals surface area contributed by atoms with Crippen molar-refractivity contribution in [3.63, 3.8) is 0 Å². The quantitative estimate of drug-likeness (QED) is 0.658. The van der Waals surface area contributed by atoms with E-state index in [-0.39, 0.29) is 11.5 Å². The van der Waals surface area contributed by atoms with Crippen LogP contribution in [0.2, 0.25) is 10.0 Å². The Morgan fingerprint density at radius 2 is 1.65 bits per heavy atom. The Labute approximate surface area is 112 Å². The molecule has 0 aliphatic rings. The Morgan fingerprint density at radius 3 is 2.12 bits per heavy atom. The molecule has 1 atom stereocenters. The summed E-state index contributed by atoms with van der Waals surface area (Å²) in [5.41, 5.74) is 0.765. The van der Waals surface area contributed by atoms with Crippen LogP contribution in [0.3, 0.4) is 0 Å². The smallest absolute Gasteiger partial charge is 0.0951 e. The molecule has 2 nitrogen and oxygen atoms in total. The van der Waals surface area contributed by atoms with E-state index in [2.05, 4.69) is 36.8 Å². The van der Waals surface area contributed by atoms with Crippen molar-refractivity contribution in [1.82, 2.24) is 0 Å². The zero-order valence-electron chi connectivity index (χ0n) is 10.5. The molecule has 0 heterocycles. The fourth-order valence-corrected chi connectivity index (χ4v) is 1.49. The number of halogens is 2. The third-order valence-corrected chi connectivity index (χ3v) is 2.97. The van der Waals surface area contributed by atoms with E-state index >= 15 is 0 Å². The number of rotatable bonds is 2. The molecule has 0 bridgehead atoms. The van der Waals surface area contributed by atoms with Gasteiger partial charge in [0.25, 0.3) is 0 Å². The molecule has 1 unspecified atom stereocenters. The lowest BCUT2D eigenvalue weighted by Crippen LogP contribution is -2.20. The van der Waals surface area contributed by atoms with Gasteiger partial charge in [0.15, 0.2) is 0 Å². The number of nitrogens with zero attached hydrogens (tertiary/aromatic N) is 2. The van der Waals surface area contributed by atoms with Gasteiger partial charge in [0.2, 0.25) is 0 Å².